The molecule has 28 heavy (non-hydrogen) atoms. The number of ether oxygens (including phenoxy) is 1. The van der Waals surface area contributed by atoms with E-state index in [1.807, 2.05) is 12.2 Å². The van der Waals surface area contributed by atoms with Crippen LogP contribution in [-0.2, 0) is 19.1 Å². The van der Waals surface area contributed by atoms with Crippen molar-refractivity contribution in [1.82, 2.24) is 26.0 Å². The molecule has 3 rings (SSSR count). The monoisotopic (exact) mass is 409 g/mol. The minimum atomic E-state index is -0.894. The first-order valence-corrected chi connectivity index (χ1v) is 10.1. The number of thiocarbonyl (C=S) groups is 1. The number of likely N-dealkylation sites (tertiary alicyclic amines) is 1. The van der Waals surface area contributed by atoms with Crippen molar-refractivity contribution < 1.29 is 19.1 Å². The Kier molecular flexibility index (Phi) is 6.97. The van der Waals surface area contributed by atoms with E-state index >= 15 is 0 Å². The van der Waals surface area contributed by atoms with Crippen LogP contribution in [0.2, 0.25) is 0 Å². The smallest absolute Gasteiger partial charge is 0.261 e. The molecule has 2 aliphatic heterocycles. The molecule has 2 fully saturated rings. The average Bonchev–Trinajstić information content (AvgIpc) is 2.97. The van der Waals surface area contributed by atoms with Crippen molar-refractivity contribution in [3.8, 4) is 0 Å². The van der Waals surface area contributed by atoms with Crippen molar-refractivity contribution in [2.75, 3.05) is 39.4 Å². The molecular formula is C18H27N5O4S. The highest BCUT2D eigenvalue weighted by molar-refractivity contribution is 7.80. The fraction of sp³-hybridized carbons (Fsp3) is 0.667. The van der Waals surface area contributed by atoms with Gasteiger partial charge in [-0.2, -0.15) is 0 Å². The van der Waals surface area contributed by atoms with Crippen LogP contribution in [0.5, 0.6) is 0 Å². The van der Waals surface area contributed by atoms with Gasteiger partial charge in [0.15, 0.2) is 5.11 Å². The summed E-state index contributed by atoms with van der Waals surface area (Å²) in [6.07, 6.45) is 4.94. The molecule has 2 saturated heterocycles. The van der Waals surface area contributed by atoms with Crippen LogP contribution in [0.4, 0.5) is 0 Å². The minimum absolute atomic E-state index is 0.270. The van der Waals surface area contributed by atoms with Crippen LogP contribution >= 0.6 is 12.2 Å². The number of carbonyl (C=O) groups is 3. The van der Waals surface area contributed by atoms with E-state index in [9.17, 15) is 14.4 Å². The number of hydrogen-bond donors (Lipinski definition) is 3. The summed E-state index contributed by atoms with van der Waals surface area (Å²) in [5, 5.41) is 3.30. The zero-order valence-corrected chi connectivity index (χ0v) is 16.8. The maximum absolute atomic E-state index is 12.5. The molecular weight excluding hydrogens is 382 g/mol. The molecule has 0 spiro atoms. The molecule has 3 amide bonds. The molecule has 3 atom stereocenters. The van der Waals surface area contributed by atoms with Gasteiger partial charge >= 0.3 is 0 Å². The van der Waals surface area contributed by atoms with Crippen molar-refractivity contribution in [3.05, 3.63) is 12.2 Å². The number of amides is 3. The highest BCUT2D eigenvalue weighted by atomic mass is 32.1. The van der Waals surface area contributed by atoms with Crippen LogP contribution in [-0.4, -0.2) is 78.1 Å². The Hall–Kier alpha value is -2.04. The zero-order valence-electron chi connectivity index (χ0n) is 16.0. The van der Waals surface area contributed by atoms with E-state index in [1.165, 1.54) is 0 Å². The van der Waals surface area contributed by atoms with Gasteiger partial charge in [-0.25, -0.2) is 0 Å². The molecule has 154 valence electrons. The number of hydrazine groups is 1. The Balaban J connectivity index is 1.41. The number of rotatable bonds is 5. The summed E-state index contributed by atoms with van der Waals surface area (Å²) in [6, 6.07) is -0.894. The fourth-order valence-corrected chi connectivity index (χ4v) is 3.90. The first kappa shape index (κ1) is 20.7. The van der Waals surface area contributed by atoms with Gasteiger partial charge in [-0.1, -0.05) is 12.2 Å². The normalized spacial score (nSPS) is 26.0. The SMILES string of the molecule is C[C@H](C(=O)NNC(=S)NCCN1CCOCC1)N1C(=O)[C@H]2CC=CC[C@H]2C1=O. The van der Waals surface area contributed by atoms with Gasteiger partial charge in [0.05, 0.1) is 25.0 Å². The van der Waals surface area contributed by atoms with Crippen molar-refractivity contribution in [3.63, 3.8) is 0 Å². The Morgan fingerprint density at radius 3 is 2.39 bits per heavy atom. The second-order valence-electron chi connectivity index (χ2n) is 7.20. The van der Waals surface area contributed by atoms with Gasteiger partial charge in [-0.3, -0.25) is 35.0 Å². The van der Waals surface area contributed by atoms with Crippen LogP contribution < -0.4 is 16.2 Å². The molecule has 0 unspecified atom stereocenters. The number of nitrogens with one attached hydrogen (secondary N) is 3. The highest BCUT2D eigenvalue weighted by Crippen LogP contribution is 2.35. The topological polar surface area (TPSA) is 103 Å². The van der Waals surface area contributed by atoms with Crippen molar-refractivity contribution >= 4 is 35.1 Å². The first-order valence-electron chi connectivity index (χ1n) is 9.64. The molecule has 0 aromatic rings. The summed E-state index contributed by atoms with van der Waals surface area (Å²) >= 11 is 5.15. The van der Waals surface area contributed by atoms with E-state index in [-0.39, 0.29) is 28.8 Å². The average molecular weight is 410 g/mol. The second kappa shape index (κ2) is 9.44. The number of nitrogens with zero attached hydrogens (tertiary/aromatic N) is 2. The van der Waals surface area contributed by atoms with Crippen LogP contribution in [0.25, 0.3) is 0 Å². The third-order valence-electron chi connectivity index (χ3n) is 5.42. The third kappa shape index (κ3) is 4.68. The summed E-state index contributed by atoms with van der Waals surface area (Å²) in [4.78, 5) is 40.9. The lowest BCUT2D eigenvalue weighted by atomic mass is 9.85. The minimum Gasteiger partial charge on any atom is -0.379 e. The van der Waals surface area contributed by atoms with Crippen LogP contribution in [0, 0.1) is 11.8 Å². The van der Waals surface area contributed by atoms with Gasteiger partial charge in [0.25, 0.3) is 5.91 Å². The summed E-state index contributed by atoms with van der Waals surface area (Å²) in [6.45, 7) is 6.27. The third-order valence-corrected chi connectivity index (χ3v) is 5.67. The molecule has 0 radical (unpaired) electrons. The Bertz CT molecular complexity index is 638. The predicted octanol–water partition coefficient (Wildman–Crippen LogP) is -0.846. The van der Waals surface area contributed by atoms with Crippen LogP contribution in [0.3, 0.4) is 0 Å². The van der Waals surface area contributed by atoms with E-state index in [1.54, 1.807) is 6.92 Å². The molecule has 0 bridgehead atoms. The molecule has 1 aliphatic carbocycles. The Morgan fingerprint density at radius 1 is 1.18 bits per heavy atom. The van der Waals surface area contributed by atoms with Crippen molar-refractivity contribution in [2.24, 2.45) is 11.8 Å². The van der Waals surface area contributed by atoms with Crippen molar-refractivity contribution in [1.29, 1.82) is 0 Å². The summed E-state index contributed by atoms with van der Waals surface area (Å²) in [5.41, 5.74) is 5.11. The summed E-state index contributed by atoms with van der Waals surface area (Å²) in [5.74, 6) is -1.71. The van der Waals surface area contributed by atoms with Gasteiger partial charge in [0.2, 0.25) is 11.8 Å². The van der Waals surface area contributed by atoms with E-state index < -0.39 is 11.9 Å². The predicted molar refractivity (Wildman–Crippen MR) is 106 cm³/mol. The van der Waals surface area contributed by atoms with Crippen LogP contribution in [0.15, 0.2) is 12.2 Å². The maximum Gasteiger partial charge on any atom is 0.261 e. The molecule has 0 saturated carbocycles. The summed E-state index contributed by atoms with van der Waals surface area (Å²) < 4.78 is 5.30. The van der Waals surface area contributed by atoms with Gasteiger partial charge in [0, 0.05) is 26.2 Å². The second-order valence-corrected chi connectivity index (χ2v) is 7.61. The Labute approximate surface area is 169 Å². The molecule has 2 heterocycles. The lowest BCUT2D eigenvalue weighted by Gasteiger charge is -2.26. The number of morpholine rings is 1. The maximum atomic E-state index is 12.5. The fourth-order valence-electron chi connectivity index (χ4n) is 3.74. The number of fused-ring (bicyclic) bond motifs is 1. The Morgan fingerprint density at radius 2 is 1.79 bits per heavy atom. The van der Waals surface area contributed by atoms with E-state index in [0.29, 0.717) is 19.4 Å². The van der Waals surface area contributed by atoms with Gasteiger partial charge in [0.1, 0.15) is 6.04 Å². The lowest BCUT2D eigenvalue weighted by Crippen LogP contribution is -2.55. The van der Waals surface area contributed by atoms with E-state index in [2.05, 4.69) is 21.1 Å². The largest absolute Gasteiger partial charge is 0.379 e. The van der Waals surface area contributed by atoms with Gasteiger partial charge in [-0.15, -0.1) is 0 Å². The van der Waals surface area contributed by atoms with Gasteiger partial charge < -0.3 is 10.1 Å². The van der Waals surface area contributed by atoms with E-state index in [4.69, 9.17) is 17.0 Å². The quantitative estimate of drug-likeness (QED) is 0.234. The molecule has 10 heteroatoms. The van der Waals surface area contributed by atoms with Gasteiger partial charge in [-0.05, 0) is 32.0 Å². The van der Waals surface area contributed by atoms with E-state index in [0.717, 1.165) is 37.7 Å². The number of imide groups is 1. The number of carbonyl (C=O) groups excluding carboxylic acids is 3. The molecule has 9 nitrogen and oxygen atoms in total. The van der Waals surface area contributed by atoms with Crippen molar-refractivity contribution in [2.45, 2.75) is 25.8 Å². The lowest BCUT2D eigenvalue weighted by molar-refractivity contribution is -0.147. The summed E-state index contributed by atoms with van der Waals surface area (Å²) in [7, 11) is 0. The molecule has 3 N–H and O–H groups in total. The first-order chi connectivity index (χ1) is 13.5. The standard InChI is InChI=1S/C18H27N5O4S/c1-12(23-16(25)13-4-2-3-5-14(13)17(23)26)15(24)20-21-18(28)19-6-7-22-8-10-27-11-9-22/h2-3,12-14H,4-11H2,1H3,(H,20,24)(H2,19,21,28)/t12-,13-,14+/m1/s1. The number of allylic oxidation sites excluding steroid dienone is 2. The van der Waals surface area contributed by atoms with Crippen LogP contribution in [0.1, 0.15) is 19.8 Å². The molecule has 0 aromatic carbocycles. The molecule has 3 aliphatic rings. The zero-order chi connectivity index (χ0) is 20.1. The number of hydrogen-bond acceptors (Lipinski definition) is 6. The highest BCUT2D eigenvalue weighted by Gasteiger charge is 2.50. The molecule has 0 aromatic heterocycles.